The monoisotopic (exact) mass is 494 g/mol. The van der Waals surface area contributed by atoms with Crippen LogP contribution < -0.4 is 16.2 Å². The predicted octanol–water partition coefficient (Wildman–Crippen LogP) is 5.41. The maximum atomic E-state index is 12.8. The number of likely N-dealkylation sites (tertiary alicyclic amines) is 1. The van der Waals surface area contributed by atoms with E-state index in [1.54, 1.807) is 31.5 Å². The lowest BCUT2D eigenvalue weighted by Gasteiger charge is -2.23. The van der Waals surface area contributed by atoms with Crippen LogP contribution >= 0.6 is 0 Å². The van der Waals surface area contributed by atoms with E-state index < -0.39 is 0 Å². The topological polar surface area (TPSA) is 64.6 Å². The highest BCUT2D eigenvalue weighted by Crippen LogP contribution is 2.40. The number of aromatic nitrogens is 1. The van der Waals surface area contributed by atoms with E-state index in [-0.39, 0.29) is 5.95 Å². The molecule has 7 heteroatoms. The molecular formula is C29H43FN6. The van der Waals surface area contributed by atoms with Gasteiger partial charge in [-0.1, -0.05) is 56.7 Å². The van der Waals surface area contributed by atoms with Crippen molar-refractivity contribution in [3.05, 3.63) is 105 Å². The smallest absolute Gasteiger partial charge is 0.216 e. The molecule has 2 fully saturated rings. The molecule has 6 nitrogen and oxygen atoms in total. The van der Waals surface area contributed by atoms with Crippen molar-refractivity contribution in [2.75, 3.05) is 27.2 Å². The van der Waals surface area contributed by atoms with Gasteiger partial charge in [0.2, 0.25) is 5.95 Å². The molecule has 1 saturated carbocycles. The van der Waals surface area contributed by atoms with Crippen LogP contribution in [0.1, 0.15) is 43.6 Å². The van der Waals surface area contributed by atoms with E-state index in [4.69, 9.17) is 0 Å². The fourth-order valence-corrected chi connectivity index (χ4v) is 3.60. The molecule has 3 rings (SSSR count). The Morgan fingerprint density at radius 2 is 2.00 bits per heavy atom. The van der Waals surface area contributed by atoms with Gasteiger partial charge in [0.15, 0.2) is 0 Å². The molecule has 1 aliphatic heterocycles. The van der Waals surface area contributed by atoms with Gasteiger partial charge in [-0.05, 0) is 56.8 Å². The fourth-order valence-electron chi connectivity index (χ4n) is 3.60. The highest BCUT2D eigenvalue weighted by atomic mass is 19.1. The number of hydrogen-bond acceptors (Lipinski definition) is 5. The van der Waals surface area contributed by atoms with Crippen LogP contribution in [0.4, 0.5) is 4.39 Å². The quantitative estimate of drug-likeness (QED) is 0.0959. The Labute approximate surface area is 217 Å². The highest BCUT2D eigenvalue weighted by molar-refractivity contribution is 5.82. The molecule has 1 aromatic rings. The van der Waals surface area contributed by atoms with Gasteiger partial charge in [-0.15, -0.1) is 6.58 Å². The summed E-state index contributed by atoms with van der Waals surface area (Å²) >= 11 is 0. The average Bonchev–Trinajstić information content (AvgIpc) is 3.64. The number of nitrogens with zero attached hydrogens (tertiary/aromatic N) is 3. The molecular weight excluding hydrogens is 451 g/mol. The molecule has 1 unspecified atom stereocenters. The van der Waals surface area contributed by atoms with Crippen LogP contribution in [-0.2, 0) is 0 Å². The number of aliphatic imine (C=N–C) groups is 1. The van der Waals surface area contributed by atoms with Crippen LogP contribution in [0.5, 0.6) is 0 Å². The second kappa shape index (κ2) is 17.9. The number of likely N-dealkylation sites (N-methyl/N-ethyl adjacent to an activating group) is 1. The second-order valence-corrected chi connectivity index (χ2v) is 8.49. The maximum Gasteiger partial charge on any atom is 0.216 e. The van der Waals surface area contributed by atoms with E-state index in [9.17, 15) is 4.39 Å². The lowest BCUT2D eigenvalue weighted by atomic mass is 10.1. The van der Waals surface area contributed by atoms with Crippen LogP contribution in [0, 0.1) is 5.95 Å². The first-order valence-electron chi connectivity index (χ1n) is 12.3. The SMILES string of the molecule is C=C/C=C(\C=C)CNC(=C)C1CCCN1C.C=CCC(=NC)NNC=C.Fc1ncccc1C1CC1. The number of amidine groups is 1. The molecule has 3 N–H and O–H groups in total. The Balaban J connectivity index is 0.000000282. The van der Waals surface area contributed by atoms with Crippen molar-refractivity contribution in [2.24, 2.45) is 4.99 Å². The van der Waals surface area contributed by atoms with Crippen molar-refractivity contribution in [1.82, 2.24) is 26.1 Å². The molecule has 0 amide bonds. The summed E-state index contributed by atoms with van der Waals surface area (Å²) in [6.07, 6.45) is 15.9. The standard InChI is InChI=1S/C14H22N2.C8H8FN.C7H13N3/c1-5-8-13(6-2)11-15-12(3)14-9-7-10-16(14)4;9-8-7(6-3-4-6)2-1-5-10-8;1-4-6-7(8-3)10-9-5-2/h5-6,8,14-15H,1-3,7,9-11H2,4H3;1-2,5-6H,3-4H2;4-5,9H,1-2,6H2,3H3,(H,8,10)/b13-8+;;. The molecule has 196 valence electrons. The molecule has 0 aromatic carbocycles. The van der Waals surface area contributed by atoms with Gasteiger partial charge in [0.25, 0.3) is 0 Å². The van der Waals surface area contributed by atoms with Crippen molar-refractivity contribution < 1.29 is 4.39 Å². The summed E-state index contributed by atoms with van der Waals surface area (Å²) in [5.74, 6) is 1.02. The number of rotatable bonds is 11. The summed E-state index contributed by atoms with van der Waals surface area (Å²) < 4.78 is 12.8. The third-order valence-electron chi connectivity index (χ3n) is 5.77. The molecule has 1 aliphatic carbocycles. The largest absolute Gasteiger partial charge is 0.383 e. The molecule has 1 aromatic heterocycles. The second-order valence-electron chi connectivity index (χ2n) is 8.49. The van der Waals surface area contributed by atoms with Crippen molar-refractivity contribution in [3.63, 3.8) is 0 Å². The summed E-state index contributed by atoms with van der Waals surface area (Å²) in [6.45, 7) is 20.6. The Morgan fingerprint density at radius 3 is 2.50 bits per heavy atom. The van der Waals surface area contributed by atoms with Crippen LogP contribution in [-0.4, -0.2) is 48.9 Å². The first kappa shape index (κ1) is 30.6. The third kappa shape index (κ3) is 11.8. The van der Waals surface area contributed by atoms with Gasteiger partial charge < -0.3 is 10.7 Å². The summed E-state index contributed by atoms with van der Waals surface area (Å²) in [4.78, 5) is 9.86. The van der Waals surface area contributed by atoms with Crippen LogP contribution in [0.2, 0.25) is 0 Å². The zero-order valence-electron chi connectivity index (χ0n) is 22.0. The van der Waals surface area contributed by atoms with Gasteiger partial charge in [0.05, 0.1) is 0 Å². The molecule has 0 bridgehead atoms. The number of allylic oxidation sites excluding steroid dienone is 2. The van der Waals surface area contributed by atoms with Crippen LogP contribution in [0.25, 0.3) is 0 Å². The van der Waals surface area contributed by atoms with Crippen LogP contribution in [0.3, 0.4) is 0 Å². The summed E-state index contributed by atoms with van der Waals surface area (Å²) in [5.41, 5.74) is 8.59. The molecule has 36 heavy (non-hydrogen) atoms. The average molecular weight is 495 g/mol. The van der Waals surface area contributed by atoms with Gasteiger partial charge in [-0.25, -0.2) is 4.98 Å². The Kier molecular flexibility index (Phi) is 15.2. The summed E-state index contributed by atoms with van der Waals surface area (Å²) in [6, 6.07) is 4.09. The minimum Gasteiger partial charge on any atom is -0.383 e. The lowest BCUT2D eigenvalue weighted by Crippen LogP contribution is -2.33. The Morgan fingerprint density at radius 1 is 1.25 bits per heavy atom. The van der Waals surface area contributed by atoms with Crippen molar-refractivity contribution in [3.8, 4) is 0 Å². The molecule has 1 saturated heterocycles. The van der Waals surface area contributed by atoms with E-state index in [2.05, 4.69) is 71.0 Å². The van der Waals surface area contributed by atoms with Gasteiger partial charge in [0.1, 0.15) is 5.84 Å². The zero-order chi connectivity index (χ0) is 26.8. The number of pyridine rings is 1. The van der Waals surface area contributed by atoms with Gasteiger partial charge >= 0.3 is 0 Å². The first-order valence-corrected chi connectivity index (χ1v) is 12.3. The van der Waals surface area contributed by atoms with E-state index in [0.29, 0.717) is 12.0 Å². The van der Waals surface area contributed by atoms with Gasteiger partial charge in [0, 0.05) is 49.7 Å². The zero-order valence-corrected chi connectivity index (χ0v) is 22.0. The van der Waals surface area contributed by atoms with E-state index in [0.717, 1.165) is 48.5 Å². The van der Waals surface area contributed by atoms with Crippen LogP contribution in [0.15, 0.2) is 98.0 Å². The van der Waals surface area contributed by atoms with Crippen molar-refractivity contribution in [1.29, 1.82) is 0 Å². The van der Waals surface area contributed by atoms with E-state index >= 15 is 0 Å². The number of hydrogen-bond donors (Lipinski definition) is 3. The minimum absolute atomic E-state index is 0.287. The van der Waals surface area contributed by atoms with Gasteiger partial charge in [-0.3, -0.25) is 15.3 Å². The predicted molar refractivity (Wildman–Crippen MR) is 152 cm³/mol. The Hall–Kier alpha value is -3.45. The van der Waals surface area contributed by atoms with Gasteiger partial charge in [-0.2, -0.15) is 4.39 Å². The molecule has 0 radical (unpaired) electrons. The number of nitrogens with one attached hydrogen (secondary N) is 3. The summed E-state index contributed by atoms with van der Waals surface area (Å²) in [7, 11) is 3.87. The molecule has 1 atom stereocenters. The highest BCUT2D eigenvalue weighted by Gasteiger charge is 2.26. The lowest BCUT2D eigenvalue weighted by molar-refractivity contribution is 0.335. The normalized spacial score (nSPS) is 17.4. The molecule has 2 heterocycles. The first-order chi connectivity index (χ1) is 17.4. The minimum atomic E-state index is -0.287. The number of halogens is 1. The number of hydrazine groups is 1. The van der Waals surface area contributed by atoms with E-state index in [1.807, 2.05) is 18.2 Å². The third-order valence-corrected chi connectivity index (χ3v) is 5.77. The molecule has 2 aliphatic rings. The molecule has 0 spiro atoms. The fraction of sp³-hybridized carbons (Fsp3) is 0.379. The summed E-state index contributed by atoms with van der Waals surface area (Å²) in [5, 5.41) is 3.37. The van der Waals surface area contributed by atoms with Crippen molar-refractivity contribution in [2.45, 2.75) is 44.1 Å². The van der Waals surface area contributed by atoms with E-state index in [1.165, 1.54) is 25.6 Å². The Bertz CT molecular complexity index is 916. The maximum absolute atomic E-state index is 12.8. The van der Waals surface area contributed by atoms with Crippen molar-refractivity contribution >= 4 is 5.84 Å².